The summed E-state index contributed by atoms with van der Waals surface area (Å²) in [7, 11) is 5.02. The van der Waals surface area contributed by atoms with Gasteiger partial charge in [-0.3, -0.25) is 4.79 Å². The predicted octanol–water partition coefficient (Wildman–Crippen LogP) is 2.57. The largest absolute Gasteiger partial charge is 0.493 e. The van der Waals surface area contributed by atoms with Crippen LogP contribution in [0, 0.1) is 5.41 Å². The fourth-order valence-electron chi connectivity index (χ4n) is 3.94. The normalized spacial score (nSPS) is 19.4. The van der Waals surface area contributed by atoms with Crippen molar-refractivity contribution >= 4 is 17.6 Å². The second-order valence-corrected chi connectivity index (χ2v) is 7.24. The number of likely N-dealkylation sites (tertiary alicyclic amines) is 2. The number of urea groups is 1. The van der Waals surface area contributed by atoms with Crippen LogP contribution >= 0.6 is 0 Å². The minimum absolute atomic E-state index is 0.104. The molecule has 0 aromatic heterocycles. The van der Waals surface area contributed by atoms with Gasteiger partial charge < -0.3 is 24.6 Å². The molecule has 26 heavy (non-hydrogen) atoms. The zero-order valence-electron chi connectivity index (χ0n) is 15.7. The maximum Gasteiger partial charge on any atom is 0.321 e. The molecule has 1 N–H and O–H groups in total. The molecule has 7 nitrogen and oxygen atoms in total. The summed E-state index contributed by atoms with van der Waals surface area (Å²) in [5.41, 5.74) is 0.846. The van der Waals surface area contributed by atoms with Gasteiger partial charge in [0.2, 0.25) is 5.91 Å². The number of ether oxygens (including phenoxy) is 2. The van der Waals surface area contributed by atoms with Gasteiger partial charge in [0.25, 0.3) is 0 Å². The Morgan fingerprint density at radius 3 is 2.42 bits per heavy atom. The van der Waals surface area contributed by atoms with E-state index in [-0.39, 0.29) is 17.4 Å². The Kier molecular flexibility index (Phi) is 5.25. The highest BCUT2D eigenvalue weighted by molar-refractivity contribution is 5.89. The number of methoxy groups -OCH3 is 2. The Labute approximate surface area is 154 Å². The van der Waals surface area contributed by atoms with Crippen LogP contribution in [-0.2, 0) is 4.79 Å². The van der Waals surface area contributed by atoms with Crippen molar-refractivity contribution in [3.05, 3.63) is 18.2 Å². The van der Waals surface area contributed by atoms with Gasteiger partial charge in [-0.2, -0.15) is 0 Å². The van der Waals surface area contributed by atoms with E-state index in [1.807, 2.05) is 16.8 Å². The van der Waals surface area contributed by atoms with Gasteiger partial charge in [0.05, 0.1) is 14.2 Å². The van der Waals surface area contributed by atoms with Gasteiger partial charge in [-0.05, 0) is 36.8 Å². The molecule has 3 amide bonds. The van der Waals surface area contributed by atoms with Gasteiger partial charge in [-0.25, -0.2) is 4.79 Å². The Morgan fingerprint density at radius 2 is 1.81 bits per heavy atom. The number of rotatable bonds is 3. The van der Waals surface area contributed by atoms with E-state index in [1.165, 1.54) is 0 Å². The van der Waals surface area contributed by atoms with Gasteiger partial charge in [-0.15, -0.1) is 0 Å². The maximum absolute atomic E-state index is 12.6. The molecular weight excluding hydrogens is 334 g/mol. The number of carbonyl (C=O) groups is 2. The average Bonchev–Trinajstić information content (AvgIpc) is 2.65. The SMILES string of the molecule is COc1ccc(NC(=O)N2CCC3(CCC(=O)N(C)C3)CC2)cc1OC. The molecule has 2 aliphatic heterocycles. The lowest BCUT2D eigenvalue weighted by atomic mass is 9.72. The van der Waals surface area contributed by atoms with Crippen LogP contribution in [0.15, 0.2) is 18.2 Å². The van der Waals surface area contributed by atoms with Crippen molar-refractivity contribution in [2.45, 2.75) is 25.7 Å². The summed E-state index contributed by atoms with van der Waals surface area (Å²) in [6.07, 6.45) is 3.42. The topological polar surface area (TPSA) is 71.1 Å². The van der Waals surface area contributed by atoms with Crippen molar-refractivity contribution in [1.29, 1.82) is 0 Å². The molecule has 0 saturated carbocycles. The first-order valence-corrected chi connectivity index (χ1v) is 8.98. The first kappa shape index (κ1) is 18.4. The van der Waals surface area contributed by atoms with Crippen molar-refractivity contribution in [1.82, 2.24) is 9.80 Å². The van der Waals surface area contributed by atoms with Crippen LogP contribution in [0.1, 0.15) is 25.7 Å². The Hall–Kier alpha value is -2.44. The van der Waals surface area contributed by atoms with E-state index < -0.39 is 0 Å². The summed E-state index contributed by atoms with van der Waals surface area (Å²) in [4.78, 5) is 28.0. The lowest BCUT2D eigenvalue weighted by Crippen LogP contribution is -2.51. The van der Waals surface area contributed by atoms with Gasteiger partial charge in [0.1, 0.15) is 0 Å². The molecule has 142 valence electrons. The maximum atomic E-state index is 12.6. The van der Waals surface area contributed by atoms with Gasteiger partial charge in [-0.1, -0.05) is 0 Å². The van der Waals surface area contributed by atoms with E-state index in [4.69, 9.17) is 9.47 Å². The van der Waals surface area contributed by atoms with Crippen LogP contribution in [-0.4, -0.2) is 62.6 Å². The molecule has 0 atom stereocenters. The monoisotopic (exact) mass is 361 g/mol. The first-order chi connectivity index (χ1) is 12.5. The molecule has 3 rings (SSSR count). The minimum atomic E-state index is -0.104. The summed E-state index contributed by atoms with van der Waals surface area (Å²) in [6, 6.07) is 5.22. The van der Waals surface area contributed by atoms with Crippen LogP contribution in [0.25, 0.3) is 0 Å². The fraction of sp³-hybridized carbons (Fsp3) is 0.579. The number of hydrogen-bond donors (Lipinski definition) is 1. The molecule has 0 unspecified atom stereocenters. The minimum Gasteiger partial charge on any atom is -0.493 e. The first-order valence-electron chi connectivity index (χ1n) is 8.98. The van der Waals surface area contributed by atoms with Crippen LogP contribution in [0.5, 0.6) is 11.5 Å². The molecule has 1 spiro atoms. The van der Waals surface area contributed by atoms with E-state index in [9.17, 15) is 9.59 Å². The van der Waals surface area contributed by atoms with Crippen molar-refractivity contribution in [2.24, 2.45) is 5.41 Å². The van der Waals surface area contributed by atoms with Crippen molar-refractivity contribution in [3.63, 3.8) is 0 Å². The van der Waals surface area contributed by atoms with Crippen molar-refractivity contribution < 1.29 is 19.1 Å². The second-order valence-electron chi connectivity index (χ2n) is 7.24. The van der Waals surface area contributed by atoms with Gasteiger partial charge >= 0.3 is 6.03 Å². The molecule has 2 fully saturated rings. The third kappa shape index (κ3) is 3.71. The van der Waals surface area contributed by atoms with Crippen molar-refractivity contribution in [2.75, 3.05) is 46.2 Å². The van der Waals surface area contributed by atoms with E-state index in [0.29, 0.717) is 36.7 Å². The molecule has 1 aromatic rings. The molecule has 2 heterocycles. The number of nitrogens with zero attached hydrogens (tertiary/aromatic N) is 2. The highest BCUT2D eigenvalue weighted by atomic mass is 16.5. The smallest absolute Gasteiger partial charge is 0.321 e. The number of piperidine rings is 2. The standard InChI is InChI=1S/C19H27N3O4/c1-21-13-19(7-6-17(21)23)8-10-22(11-9-19)18(24)20-14-4-5-15(25-2)16(12-14)26-3/h4-5,12H,6-11,13H2,1-3H3,(H,20,24). The number of benzene rings is 1. The van der Waals surface area contributed by atoms with Crippen LogP contribution in [0.2, 0.25) is 0 Å². The molecule has 7 heteroatoms. The second kappa shape index (κ2) is 7.43. The molecule has 2 saturated heterocycles. The summed E-state index contributed by atoms with van der Waals surface area (Å²) in [5.74, 6) is 1.43. The number of anilines is 1. The Morgan fingerprint density at radius 1 is 1.12 bits per heavy atom. The summed E-state index contributed by atoms with van der Waals surface area (Å²) < 4.78 is 10.5. The van der Waals surface area contributed by atoms with Crippen LogP contribution in [0.3, 0.4) is 0 Å². The van der Waals surface area contributed by atoms with E-state index in [0.717, 1.165) is 25.8 Å². The predicted molar refractivity (Wildman–Crippen MR) is 98.7 cm³/mol. The zero-order chi connectivity index (χ0) is 18.7. The van der Waals surface area contributed by atoms with E-state index in [2.05, 4.69) is 5.32 Å². The summed E-state index contributed by atoms with van der Waals surface area (Å²) in [5, 5.41) is 2.93. The van der Waals surface area contributed by atoms with Crippen LogP contribution in [0.4, 0.5) is 10.5 Å². The lowest BCUT2D eigenvalue weighted by molar-refractivity contribution is -0.137. The fourth-order valence-corrected chi connectivity index (χ4v) is 3.94. The lowest BCUT2D eigenvalue weighted by Gasteiger charge is -2.46. The van der Waals surface area contributed by atoms with Gasteiger partial charge in [0.15, 0.2) is 11.5 Å². The molecule has 0 aliphatic carbocycles. The number of carbonyl (C=O) groups excluding carboxylic acids is 2. The van der Waals surface area contributed by atoms with E-state index in [1.54, 1.807) is 32.4 Å². The molecule has 2 aliphatic rings. The number of hydrogen-bond acceptors (Lipinski definition) is 4. The molecule has 0 radical (unpaired) electrons. The molecule has 0 bridgehead atoms. The summed E-state index contributed by atoms with van der Waals surface area (Å²) in [6.45, 7) is 2.22. The molecular formula is C19H27N3O4. The zero-order valence-corrected chi connectivity index (χ0v) is 15.7. The quantitative estimate of drug-likeness (QED) is 0.898. The van der Waals surface area contributed by atoms with Crippen molar-refractivity contribution in [3.8, 4) is 11.5 Å². The number of nitrogens with one attached hydrogen (secondary N) is 1. The Balaban J connectivity index is 1.58. The summed E-state index contributed by atoms with van der Waals surface area (Å²) >= 11 is 0. The van der Waals surface area contributed by atoms with Gasteiger partial charge in [0, 0.05) is 44.9 Å². The average molecular weight is 361 g/mol. The third-order valence-corrected chi connectivity index (χ3v) is 5.61. The third-order valence-electron chi connectivity index (χ3n) is 5.61. The van der Waals surface area contributed by atoms with Crippen LogP contribution < -0.4 is 14.8 Å². The van der Waals surface area contributed by atoms with E-state index >= 15 is 0 Å². The highest BCUT2D eigenvalue weighted by Gasteiger charge is 2.40. The Bertz CT molecular complexity index is 683. The number of amides is 3. The molecule has 1 aromatic carbocycles. The highest BCUT2D eigenvalue weighted by Crippen LogP contribution is 2.40.